The van der Waals surface area contributed by atoms with Crippen LogP contribution in [0.3, 0.4) is 0 Å². The molecule has 3 aromatic rings. The predicted octanol–water partition coefficient (Wildman–Crippen LogP) is 6.48. The second kappa shape index (κ2) is 19.2. The topological polar surface area (TPSA) is 63.5 Å². The van der Waals surface area contributed by atoms with E-state index in [9.17, 15) is 0 Å². The minimum atomic E-state index is 0.347. The van der Waals surface area contributed by atoms with Crippen LogP contribution < -0.4 is 10.6 Å². The van der Waals surface area contributed by atoms with E-state index in [1.807, 2.05) is 49.8 Å². The number of rotatable bonds is 8. The second-order valence-electron chi connectivity index (χ2n) is 6.93. The van der Waals surface area contributed by atoms with Gasteiger partial charge in [0.25, 0.3) is 0 Å². The van der Waals surface area contributed by atoms with Gasteiger partial charge in [-0.25, -0.2) is 4.98 Å². The largest absolute Gasteiger partial charge is 0.479 e. The third-order valence-electron chi connectivity index (χ3n) is 4.33. The zero-order chi connectivity index (χ0) is 25.8. The summed E-state index contributed by atoms with van der Waals surface area (Å²) in [5.41, 5.74) is 3.45. The minimum absolute atomic E-state index is 0.347. The van der Waals surface area contributed by atoms with Gasteiger partial charge in [0.2, 0.25) is 0 Å². The smallest absolute Gasteiger partial charge is 0.189 e. The zero-order valence-electron chi connectivity index (χ0n) is 21.0. The third kappa shape index (κ3) is 12.1. The summed E-state index contributed by atoms with van der Waals surface area (Å²) < 4.78 is 8.00. The van der Waals surface area contributed by atoms with E-state index < -0.39 is 0 Å². The molecule has 2 heterocycles. The molecule has 0 radical (unpaired) electrons. The van der Waals surface area contributed by atoms with E-state index in [0.29, 0.717) is 17.1 Å². The van der Waals surface area contributed by atoms with E-state index in [-0.39, 0.29) is 0 Å². The number of fused-ring (bicyclic) bond motifs is 1. The number of nitrogens with zero attached hydrogens (tertiary/aromatic N) is 3. The molecule has 7 heteroatoms. The number of pyridine rings is 1. The summed E-state index contributed by atoms with van der Waals surface area (Å²) in [7, 11) is 3.71. The van der Waals surface area contributed by atoms with Crippen molar-refractivity contribution in [2.75, 3.05) is 19.4 Å². The first kappa shape index (κ1) is 30.8. The lowest BCUT2D eigenvalue weighted by Crippen LogP contribution is -2.01. The Kier molecular flexibility index (Phi) is 17.4. The number of aryl methyl sites for hydroxylation is 2. The van der Waals surface area contributed by atoms with Gasteiger partial charge in [-0.1, -0.05) is 55.8 Å². The van der Waals surface area contributed by atoms with Crippen molar-refractivity contribution in [3.8, 4) is 12.8 Å². The van der Waals surface area contributed by atoms with Gasteiger partial charge >= 0.3 is 0 Å². The van der Waals surface area contributed by atoms with Crippen LogP contribution in [-0.4, -0.2) is 28.7 Å². The molecule has 0 saturated heterocycles. The summed E-state index contributed by atoms with van der Waals surface area (Å²) in [5.74, 6) is 1.61. The first-order valence-electron chi connectivity index (χ1n) is 11.1. The fraction of sp³-hybridized carbons (Fsp3) is 0.333. The minimum Gasteiger partial charge on any atom is -0.479 e. The monoisotopic (exact) mass is 527 g/mol. The van der Waals surface area contributed by atoms with E-state index in [1.54, 1.807) is 6.20 Å². The lowest BCUT2D eigenvalue weighted by Gasteiger charge is -2.06. The number of unbranched alkanes of at least 4 members (excludes halogenated alkanes) is 1. The van der Waals surface area contributed by atoms with Crippen LogP contribution in [0.25, 0.3) is 5.65 Å². The van der Waals surface area contributed by atoms with Gasteiger partial charge in [-0.2, -0.15) is 4.52 Å². The molecule has 0 bridgehead atoms. The molecule has 6 nitrogen and oxygen atoms in total. The highest BCUT2D eigenvalue weighted by atomic mass is 79.9. The Balaban J connectivity index is 0.000000687. The Bertz CT molecular complexity index is 996. The molecule has 2 aromatic heterocycles. The molecule has 0 saturated carbocycles. The van der Waals surface area contributed by atoms with Gasteiger partial charge in [0.1, 0.15) is 5.82 Å². The van der Waals surface area contributed by atoms with Crippen molar-refractivity contribution < 1.29 is 4.74 Å². The van der Waals surface area contributed by atoms with Crippen LogP contribution in [0.2, 0.25) is 0 Å². The van der Waals surface area contributed by atoms with Gasteiger partial charge in [-0.05, 0) is 72.6 Å². The van der Waals surface area contributed by atoms with E-state index >= 15 is 0 Å². The lowest BCUT2D eigenvalue weighted by atomic mass is 10.1. The molecule has 34 heavy (non-hydrogen) atoms. The highest BCUT2D eigenvalue weighted by Gasteiger charge is 2.09. The first-order valence-corrected chi connectivity index (χ1v) is 11.9. The first-order chi connectivity index (χ1) is 16.5. The summed E-state index contributed by atoms with van der Waals surface area (Å²) in [5, 5.41) is 10.4. The molecule has 2 N–H and O–H groups in total. The molecular formula is C27H38BrN5O. The summed E-state index contributed by atoms with van der Waals surface area (Å²) in [4.78, 5) is 4.54. The molecule has 184 valence electrons. The standard InChI is InChI=1S/C15H21BrN4O.C7H8.C3H7N.C2H2/c1-4-6-7-11-8-14(17-3)20-15(9-11)18-13(19-20)10-21-12(16)5-2;1-7-5-3-2-4-6-7;1-3-4-2;1-2/h5,8-9,17H,4,6-7,10H2,1-3H3;2-6H,1H3;3-4H,1H2,2H3;1-2H/b12-5-;;;. The number of ether oxygens (including phenoxy) is 1. The Labute approximate surface area is 213 Å². The molecule has 3 rings (SSSR count). The average Bonchev–Trinajstić information content (AvgIpc) is 3.30. The van der Waals surface area contributed by atoms with Crippen molar-refractivity contribution in [3.63, 3.8) is 0 Å². The van der Waals surface area contributed by atoms with Gasteiger partial charge in [0.15, 0.2) is 22.7 Å². The Morgan fingerprint density at radius 3 is 2.32 bits per heavy atom. The Hall–Kier alpha value is -3.24. The van der Waals surface area contributed by atoms with Crippen LogP contribution in [0.5, 0.6) is 0 Å². The van der Waals surface area contributed by atoms with Crippen LogP contribution in [0, 0.1) is 19.8 Å². The maximum Gasteiger partial charge on any atom is 0.189 e. The van der Waals surface area contributed by atoms with Gasteiger partial charge in [0, 0.05) is 14.1 Å². The third-order valence-corrected chi connectivity index (χ3v) is 5.01. The number of allylic oxidation sites excluding steroid dienone is 1. The highest BCUT2D eigenvalue weighted by molar-refractivity contribution is 9.11. The average molecular weight is 529 g/mol. The van der Waals surface area contributed by atoms with Crippen molar-refractivity contribution in [3.05, 3.63) is 82.9 Å². The van der Waals surface area contributed by atoms with Gasteiger partial charge in [-0.3, -0.25) is 0 Å². The van der Waals surface area contributed by atoms with E-state index in [4.69, 9.17) is 4.74 Å². The number of hydrogen-bond donors (Lipinski definition) is 2. The van der Waals surface area contributed by atoms with Gasteiger partial charge in [-0.15, -0.1) is 17.9 Å². The fourth-order valence-electron chi connectivity index (χ4n) is 2.60. The maximum absolute atomic E-state index is 5.49. The number of aromatic nitrogens is 3. The van der Waals surface area contributed by atoms with Crippen molar-refractivity contribution in [1.29, 1.82) is 0 Å². The molecule has 0 amide bonds. The van der Waals surface area contributed by atoms with Gasteiger partial charge in [0.05, 0.1) is 0 Å². The van der Waals surface area contributed by atoms with Crippen LogP contribution in [-0.2, 0) is 17.8 Å². The second-order valence-corrected chi connectivity index (χ2v) is 7.71. The quantitative estimate of drug-likeness (QED) is 0.259. The molecule has 0 fully saturated rings. The molecule has 0 unspecified atom stereocenters. The molecule has 0 spiro atoms. The fourth-order valence-corrected chi connectivity index (χ4v) is 2.71. The Morgan fingerprint density at radius 2 is 1.85 bits per heavy atom. The van der Waals surface area contributed by atoms with Crippen LogP contribution in [0.1, 0.15) is 43.6 Å². The van der Waals surface area contributed by atoms with Crippen molar-refractivity contribution in [2.45, 2.75) is 46.6 Å². The lowest BCUT2D eigenvalue weighted by molar-refractivity contribution is 0.219. The SMILES string of the molecule is C#C.C/C=C(/Br)OCc1nc2cc(CCCC)cc(NC)n2n1.C=CNC.Cc1ccccc1. The van der Waals surface area contributed by atoms with Crippen LogP contribution in [0.15, 0.2) is 66.0 Å². The molecule has 1 aromatic carbocycles. The van der Waals surface area contributed by atoms with Crippen molar-refractivity contribution in [1.82, 2.24) is 19.9 Å². The summed E-state index contributed by atoms with van der Waals surface area (Å²) in [6.07, 6.45) is 14.9. The van der Waals surface area contributed by atoms with Crippen LogP contribution >= 0.6 is 15.9 Å². The maximum atomic E-state index is 5.49. The molecule has 0 aliphatic heterocycles. The van der Waals surface area contributed by atoms with E-state index in [2.05, 4.69) is 94.2 Å². The van der Waals surface area contributed by atoms with Crippen LogP contribution in [0.4, 0.5) is 5.82 Å². The number of terminal acetylenes is 1. The van der Waals surface area contributed by atoms with Crippen molar-refractivity contribution >= 4 is 27.4 Å². The molecular weight excluding hydrogens is 490 g/mol. The number of anilines is 1. The number of nitrogens with one attached hydrogen (secondary N) is 2. The van der Waals surface area contributed by atoms with Gasteiger partial charge < -0.3 is 15.4 Å². The molecule has 0 atom stereocenters. The number of hydrogen-bond acceptors (Lipinski definition) is 5. The highest BCUT2D eigenvalue weighted by Crippen LogP contribution is 2.17. The summed E-state index contributed by atoms with van der Waals surface area (Å²) in [6, 6.07) is 14.5. The normalized spacial score (nSPS) is 9.82. The number of benzene rings is 1. The van der Waals surface area contributed by atoms with Crippen molar-refractivity contribution in [2.24, 2.45) is 0 Å². The van der Waals surface area contributed by atoms with E-state index in [0.717, 1.165) is 17.9 Å². The Morgan fingerprint density at radius 1 is 1.21 bits per heavy atom. The summed E-state index contributed by atoms with van der Waals surface area (Å²) in [6.45, 7) is 9.90. The number of halogens is 1. The summed E-state index contributed by atoms with van der Waals surface area (Å²) >= 11 is 3.31. The van der Waals surface area contributed by atoms with E-state index in [1.165, 1.54) is 24.0 Å². The predicted molar refractivity (Wildman–Crippen MR) is 149 cm³/mol. The molecule has 0 aliphatic rings. The molecule has 0 aliphatic carbocycles. The zero-order valence-corrected chi connectivity index (χ0v) is 22.6.